The van der Waals surface area contributed by atoms with Crippen molar-refractivity contribution in [2.24, 2.45) is 5.73 Å². The first kappa shape index (κ1) is 21.1. The number of amides is 1. The van der Waals surface area contributed by atoms with Gasteiger partial charge in [0.1, 0.15) is 24.4 Å². The molecule has 0 rings (SSSR count). The summed E-state index contributed by atoms with van der Waals surface area (Å²) in [5.74, 6) is -0.961. The standard InChI is InChI=1S/C6H12O6.C2H2Cl3NO/c7-1-3(9)5(11)6(12)4(10)2-8;3-2(4,5)1(6)7/h1,3-6,8-12H,2H2;(H2,6,7)/t3-,4+,5+,6+;/m0./s1. The van der Waals surface area contributed by atoms with E-state index in [0.29, 0.717) is 0 Å². The highest BCUT2D eigenvalue weighted by atomic mass is 35.6. The Bertz CT molecular complexity index is 286. The average Bonchev–Trinajstić information content (AvgIpc) is 2.34. The van der Waals surface area contributed by atoms with Crippen LogP contribution in [0.3, 0.4) is 0 Å². The largest absolute Gasteiger partial charge is 0.394 e. The lowest BCUT2D eigenvalue weighted by molar-refractivity contribution is -0.136. The van der Waals surface area contributed by atoms with Gasteiger partial charge in [-0.3, -0.25) is 4.79 Å². The Morgan fingerprint density at radius 2 is 1.53 bits per heavy atom. The lowest BCUT2D eigenvalue weighted by atomic mass is 10.0. The molecule has 0 aliphatic heterocycles. The molecule has 0 aromatic heterocycles. The first-order valence-electron chi connectivity index (χ1n) is 4.64. The van der Waals surface area contributed by atoms with Gasteiger partial charge >= 0.3 is 0 Å². The minimum absolute atomic E-state index is 0.0258. The van der Waals surface area contributed by atoms with Crippen LogP contribution in [0.5, 0.6) is 0 Å². The first-order chi connectivity index (χ1) is 8.48. The van der Waals surface area contributed by atoms with E-state index in [1.54, 1.807) is 0 Å². The molecule has 0 aliphatic rings. The minimum Gasteiger partial charge on any atom is -0.394 e. The molecule has 11 heteroatoms. The molecule has 1 amide bonds. The number of hydrogen-bond acceptors (Lipinski definition) is 7. The van der Waals surface area contributed by atoms with Gasteiger partial charge in [0.05, 0.1) is 6.61 Å². The smallest absolute Gasteiger partial charge is 0.269 e. The fraction of sp³-hybridized carbons (Fsp3) is 0.750. The second-order valence-corrected chi connectivity index (χ2v) is 5.50. The lowest BCUT2D eigenvalue weighted by Gasteiger charge is -2.22. The highest BCUT2D eigenvalue weighted by Gasteiger charge is 2.29. The molecular weight excluding hydrogens is 328 g/mol. The van der Waals surface area contributed by atoms with Gasteiger partial charge in [0.15, 0.2) is 6.29 Å². The molecular formula is C8H14Cl3NO7. The van der Waals surface area contributed by atoms with E-state index in [-0.39, 0.29) is 6.29 Å². The number of hydrogen-bond donors (Lipinski definition) is 6. The van der Waals surface area contributed by atoms with Crippen LogP contribution in [0.4, 0.5) is 0 Å². The summed E-state index contributed by atoms with van der Waals surface area (Å²) < 4.78 is -1.94. The Labute approximate surface area is 123 Å². The van der Waals surface area contributed by atoms with E-state index in [9.17, 15) is 9.59 Å². The molecule has 4 atom stereocenters. The Morgan fingerprint density at radius 1 is 1.16 bits per heavy atom. The average molecular weight is 343 g/mol. The van der Waals surface area contributed by atoms with Gasteiger partial charge in [-0.1, -0.05) is 34.8 Å². The van der Waals surface area contributed by atoms with Gasteiger partial charge in [-0.15, -0.1) is 0 Å². The number of primary amides is 1. The number of nitrogens with two attached hydrogens (primary N) is 1. The van der Waals surface area contributed by atoms with Gasteiger partial charge in [0.2, 0.25) is 0 Å². The van der Waals surface area contributed by atoms with Crippen LogP contribution in [-0.4, -0.2) is 72.5 Å². The van der Waals surface area contributed by atoms with Crippen LogP contribution in [0.15, 0.2) is 0 Å². The van der Waals surface area contributed by atoms with Crippen molar-refractivity contribution in [3.8, 4) is 0 Å². The highest BCUT2D eigenvalue weighted by molar-refractivity contribution is 6.76. The quantitative estimate of drug-likeness (QED) is 0.237. The fourth-order valence-corrected chi connectivity index (χ4v) is 0.618. The summed E-state index contributed by atoms with van der Waals surface area (Å²) >= 11 is 14.8. The van der Waals surface area contributed by atoms with E-state index >= 15 is 0 Å². The van der Waals surface area contributed by atoms with E-state index in [1.165, 1.54) is 0 Å². The molecule has 0 aromatic carbocycles. The number of carbonyl (C=O) groups is 2. The van der Waals surface area contributed by atoms with Gasteiger partial charge in [-0.25, -0.2) is 0 Å². The molecule has 0 unspecified atom stereocenters. The molecule has 0 saturated heterocycles. The van der Waals surface area contributed by atoms with Crippen LogP contribution in [0.25, 0.3) is 0 Å². The minimum atomic E-state index is -1.94. The zero-order chi connectivity index (χ0) is 15.8. The Kier molecular flexibility index (Phi) is 10.7. The summed E-state index contributed by atoms with van der Waals surface area (Å²) in [4.78, 5) is 19.7. The molecule has 0 heterocycles. The number of carbonyl (C=O) groups excluding carboxylic acids is 2. The van der Waals surface area contributed by atoms with Crippen molar-refractivity contribution in [3.05, 3.63) is 0 Å². The third kappa shape index (κ3) is 9.36. The highest BCUT2D eigenvalue weighted by Crippen LogP contribution is 2.24. The molecule has 0 fully saturated rings. The molecule has 7 N–H and O–H groups in total. The zero-order valence-electron chi connectivity index (χ0n) is 9.36. The lowest BCUT2D eigenvalue weighted by Crippen LogP contribution is -2.46. The molecule has 0 aromatic rings. The summed E-state index contributed by atoms with van der Waals surface area (Å²) in [6.07, 6.45) is -6.84. The SMILES string of the molecule is NC(=O)C(Cl)(Cl)Cl.O=C[C@H](O)[C@@H](O)[C@H](O)[C@H](O)CO. The van der Waals surface area contributed by atoms with Crippen LogP contribution < -0.4 is 5.73 Å². The topological polar surface area (TPSA) is 161 Å². The first-order valence-corrected chi connectivity index (χ1v) is 5.77. The molecule has 0 saturated carbocycles. The van der Waals surface area contributed by atoms with E-state index in [0.717, 1.165) is 0 Å². The van der Waals surface area contributed by atoms with Crippen LogP contribution in [0, 0.1) is 0 Å². The summed E-state index contributed by atoms with van der Waals surface area (Å²) in [6, 6.07) is 0. The number of alkyl halides is 3. The molecule has 19 heavy (non-hydrogen) atoms. The maximum atomic E-state index is 9.90. The van der Waals surface area contributed by atoms with Gasteiger partial charge in [-0.05, 0) is 0 Å². The van der Waals surface area contributed by atoms with Crippen LogP contribution in [0.1, 0.15) is 0 Å². The van der Waals surface area contributed by atoms with E-state index in [1.807, 2.05) is 0 Å². The molecule has 0 radical (unpaired) electrons. The van der Waals surface area contributed by atoms with Crippen molar-refractivity contribution in [3.63, 3.8) is 0 Å². The van der Waals surface area contributed by atoms with Crippen molar-refractivity contribution >= 4 is 47.0 Å². The summed E-state index contributed by atoms with van der Waals surface area (Å²) in [5, 5.41) is 43.5. The van der Waals surface area contributed by atoms with Gasteiger partial charge in [0, 0.05) is 0 Å². The molecule has 0 spiro atoms. The molecule has 0 aliphatic carbocycles. The molecule has 114 valence electrons. The Balaban J connectivity index is 0. The van der Waals surface area contributed by atoms with Crippen LogP contribution >= 0.6 is 34.8 Å². The Morgan fingerprint density at radius 3 is 1.74 bits per heavy atom. The number of aldehydes is 1. The Hall–Kier alpha value is -0.190. The van der Waals surface area contributed by atoms with E-state index in [2.05, 4.69) is 5.73 Å². The van der Waals surface area contributed by atoms with Crippen molar-refractivity contribution in [1.82, 2.24) is 0 Å². The predicted molar refractivity (Wildman–Crippen MR) is 66.7 cm³/mol. The van der Waals surface area contributed by atoms with Crippen LogP contribution in [0.2, 0.25) is 0 Å². The second-order valence-electron chi connectivity index (χ2n) is 3.22. The van der Waals surface area contributed by atoms with Gasteiger partial charge in [0.25, 0.3) is 9.70 Å². The number of halogens is 3. The summed E-state index contributed by atoms with van der Waals surface area (Å²) in [6.45, 7) is -0.760. The van der Waals surface area contributed by atoms with E-state index < -0.39 is 40.7 Å². The van der Waals surface area contributed by atoms with Crippen molar-refractivity contribution < 1.29 is 35.1 Å². The van der Waals surface area contributed by atoms with Crippen molar-refractivity contribution in [2.45, 2.75) is 28.2 Å². The number of aliphatic hydroxyl groups excluding tert-OH is 5. The van der Waals surface area contributed by atoms with Crippen LogP contribution in [-0.2, 0) is 9.59 Å². The molecule has 0 bridgehead atoms. The maximum Gasteiger partial charge on any atom is 0.269 e. The van der Waals surface area contributed by atoms with Gasteiger partial charge < -0.3 is 36.1 Å². The fourth-order valence-electron chi connectivity index (χ4n) is 0.618. The maximum absolute atomic E-state index is 9.90. The monoisotopic (exact) mass is 341 g/mol. The summed E-state index contributed by atoms with van der Waals surface area (Å²) in [7, 11) is 0. The normalized spacial score (nSPS) is 17.5. The molecule has 8 nitrogen and oxygen atoms in total. The zero-order valence-corrected chi connectivity index (χ0v) is 11.6. The van der Waals surface area contributed by atoms with Gasteiger partial charge in [-0.2, -0.15) is 0 Å². The van der Waals surface area contributed by atoms with Crippen molar-refractivity contribution in [1.29, 1.82) is 0 Å². The number of aliphatic hydroxyl groups is 5. The predicted octanol–water partition coefficient (Wildman–Crippen LogP) is -2.54. The van der Waals surface area contributed by atoms with E-state index in [4.69, 9.17) is 60.3 Å². The second kappa shape index (κ2) is 9.67. The number of rotatable bonds is 5. The van der Waals surface area contributed by atoms with Crippen molar-refractivity contribution in [2.75, 3.05) is 6.61 Å². The summed E-state index contributed by atoms with van der Waals surface area (Å²) in [5.41, 5.74) is 4.53. The third-order valence-electron chi connectivity index (χ3n) is 1.70. The third-order valence-corrected chi connectivity index (χ3v) is 2.26.